The Morgan fingerprint density at radius 3 is 1.06 bits per heavy atom. The molecule has 0 bridgehead atoms. The molecular formula is C62H34O4. The second kappa shape index (κ2) is 13.3. The van der Waals surface area contributed by atoms with Crippen LogP contribution in [0.3, 0.4) is 0 Å². The molecule has 4 aromatic heterocycles. The quantitative estimate of drug-likeness (QED) is 0.166. The van der Waals surface area contributed by atoms with Crippen LogP contribution in [0.2, 0.25) is 0 Å². The molecule has 4 heteroatoms. The molecule has 0 spiro atoms. The van der Waals surface area contributed by atoms with E-state index in [4.69, 9.17) is 17.7 Å². The molecule has 0 N–H and O–H groups in total. The molecule has 0 aliphatic rings. The number of hydrogen-bond donors (Lipinski definition) is 0. The Balaban J connectivity index is 1.03. The van der Waals surface area contributed by atoms with Crippen molar-refractivity contribution < 1.29 is 17.7 Å². The van der Waals surface area contributed by atoms with Gasteiger partial charge in [-0.15, -0.1) is 0 Å². The standard InChI is InChI=1S/C62H34O4/c1-3-18-38-36(16-1)55(48-33-31-43(61-58(48)46-21-7-11-28-52(46)65-61)40-23-14-30-54-57(40)45-20-6-10-27-51(45)63-54)37-17-2-4-19-39(37)56(38)49-34-32-44(62-59(49)47-22-8-12-29-53(47)66-62)42-25-13-24-41-35-15-5-9-26-50(35)64-60(41)42/h1-34H. The van der Waals surface area contributed by atoms with Crippen LogP contribution in [0.15, 0.2) is 224 Å². The fraction of sp³-hybridized carbons (Fsp3) is 0. The van der Waals surface area contributed by atoms with Crippen molar-refractivity contribution in [3.05, 3.63) is 206 Å². The summed E-state index contributed by atoms with van der Waals surface area (Å²) in [6, 6.07) is 72.9. The van der Waals surface area contributed by atoms with Crippen molar-refractivity contribution in [2.24, 2.45) is 0 Å². The number of benzene rings is 11. The molecule has 11 aromatic carbocycles. The zero-order valence-corrected chi connectivity index (χ0v) is 35.3. The minimum Gasteiger partial charge on any atom is -0.456 e. The third-order valence-electron chi connectivity index (χ3n) is 13.9. The highest BCUT2D eigenvalue weighted by atomic mass is 16.3. The Bertz CT molecular complexity index is 4480. The smallest absolute Gasteiger partial charge is 0.144 e. The van der Waals surface area contributed by atoms with Crippen LogP contribution >= 0.6 is 0 Å². The molecule has 0 saturated carbocycles. The van der Waals surface area contributed by atoms with Gasteiger partial charge in [-0.1, -0.05) is 164 Å². The third kappa shape index (κ3) is 4.82. The van der Waals surface area contributed by atoms with Crippen LogP contribution in [-0.2, 0) is 0 Å². The van der Waals surface area contributed by atoms with Gasteiger partial charge in [-0.05, 0) is 91.8 Å². The summed E-state index contributed by atoms with van der Waals surface area (Å²) >= 11 is 0. The number of fused-ring (bicyclic) bond motifs is 14. The van der Waals surface area contributed by atoms with E-state index < -0.39 is 0 Å². The molecule has 66 heavy (non-hydrogen) atoms. The lowest BCUT2D eigenvalue weighted by atomic mass is 9.83. The highest BCUT2D eigenvalue weighted by molar-refractivity contribution is 6.30. The largest absolute Gasteiger partial charge is 0.456 e. The lowest BCUT2D eigenvalue weighted by Crippen LogP contribution is -1.93. The first-order chi connectivity index (χ1) is 32.8. The van der Waals surface area contributed by atoms with Gasteiger partial charge in [0.2, 0.25) is 0 Å². The molecule has 15 aromatic rings. The number of rotatable bonds is 4. The summed E-state index contributed by atoms with van der Waals surface area (Å²) in [6.07, 6.45) is 0. The molecule has 0 fully saturated rings. The minimum atomic E-state index is 0.835. The van der Waals surface area contributed by atoms with Crippen LogP contribution in [-0.4, -0.2) is 0 Å². The highest BCUT2D eigenvalue weighted by Crippen LogP contribution is 2.52. The Hall–Kier alpha value is -8.86. The van der Waals surface area contributed by atoms with Crippen LogP contribution in [0.5, 0.6) is 0 Å². The maximum atomic E-state index is 6.98. The molecule has 306 valence electrons. The zero-order chi connectivity index (χ0) is 43.0. The maximum absolute atomic E-state index is 6.98. The van der Waals surface area contributed by atoms with Crippen molar-refractivity contribution in [3.63, 3.8) is 0 Å². The Kier molecular flexibility index (Phi) is 7.19. The van der Waals surface area contributed by atoms with Crippen molar-refractivity contribution >= 4 is 109 Å². The van der Waals surface area contributed by atoms with Gasteiger partial charge in [-0.25, -0.2) is 0 Å². The van der Waals surface area contributed by atoms with Crippen molar-refractivity contribution in [2.45, 2.75) is 0 Å². The lowest BCUT2D eigenvalue weighted by Gasteiger charge is -2.19. The topological polar surface area (TPSA) is 52.6 Å². The van der Waals surface area contributed by atoms with E-state index in [1.807, 2.05) is 30.3 Å². The summed E-state index contributed by atoms with van der Waals surface area (Å²) in [5.41, 5.74) is 15.5. The van der Waals surface area contributed by atoms with Crippen LogP contribution in [0.4, 0.5) is 0 Å². The van der Waals surface area contributed by atoms with E-state index in [1.54, 1.807) is 0 Å². The summed E-state index contributed by atoms with van der Waals surface area (Å²) in [7, 11) is 0. The SMILES string of the molecule is c1ccc2c(c1)oc1c(-c3ccc(-c4c5ccccc5c(-c5ccc(-c6cccc7oc8ccccc8c67)c6oc7ccccc7c56)c5ccccc45)c4c3oc3ccccc34)cccc12. The van der Waals surface area contributed by atoms with Crippen molar-refractivity contribution in [1.82, 2.24) is 0 Å². The Morgan fingerprint density at radius 2 is 0.515 bits per heavy atom. The monoisotopic (exact) mass is 842 g/mol. The average Bonchev–Trinajstić information content (AvgIpc) is 4.16. The summed E-state index contributed by atoms with van der Waals surface area (Å²) in [5.74, 6) is 0. The zero-order valence-electron chi connectivity index (χ0n) is 35.3. The molecule has 0 unspecified atom stereocenters. The number of para-hydroxylation sites is 5. The van der Waals surface area contributed by atoms with Crippen molar-refractivity contribution in [1.29, 1.82) is 0 Å². The fourth-order valence-corrected chi connectivity index (χ4v) is 11.2. The molecule has 0 aliphatic heterocycles. The second-order valence-electron chi connectivity index (χ2n) is 17.3. The molecule has 0 atom stereocenters. The molecule has 0 saturated heterocycles. The van der Waals surface area contributed by atoms with E-state index in [9.17, 15) is 0 Å². The van der Waals surface area contributed by atoms with Gasteiger partial charge >= 0.3 is 0 Å². The van der Waals surface area contributed by atoms with Gasteiger partial charge in [0.15, 0.2) is 0 Å². The molecule has 4 nitrogen and oxygen atoms in total. The van der Waals surface area contributed by atoms with Gasteiger partial charge in [0, 0.05) is 59.8 Å². The highest BCUT2D eigenvalue weighted by Gasteiger charge is 2.26. The molecular weight excluding hydrogens is 809 g/mol. The van der Waals surface area contributed by atoms with Gasteiger partial charge in [0.1, 0.15) is 44.7 Å². The van der Waals surface area contributed by atoms with Gasteiger partial charge in [-0.2, -0.15) is 0 Å². The van der Waals surface area contributed by atoms with Gasteiger partial charge in [0.05, 0.1) is 0 Å². The van der Waals surface area contributed by atoms with Gasteiger partial charge < -0.3 is 17.7 Å². The molecule has 0 amide bonds. The average molecular weight is 843 g/mol. The first-order valence-electron chi connectivity index (χ1n) is 22.4. The Morgan fingerprint density at radius 1 is 0.182 bits per heavy atom. The van der Waals surface area contributed by atoms with E-state index >= 15 is 0 Å². The first kappa shape index (κ1) is 35.6. The van der Waals surface area contributed by atoms with Crippen LogP contribution < -0.4 is 0 Å². The molecule has 0 aliphatic carbocycles. The van der Waals surface area contributed by atoms with Gasteiger partial charge in [-0.3, -0.25) is 0 Å². The second-order valence-corrected chi connectivity index (χ2v) is 17.3. The normalized spacial score (nSPS) is 12.2. The minimum absolute atomic E-state index is 0.835. The van der Waals surface area contributed by atoms with Crippen molar-refractivity contribution in [3.8, 4) is 44.5 Å². The number of furan rings is 4. The van der Waals surface area contributed by atoms with E-state index in [1.165, 1.54) is 11.1 Å². The number of hydrogen-bond acceptors (Lipinski definition) is 4. The molecule has 0 radical (unpaired) electrons. The van der Waals surface area contributed by atoms with Gasteiger partial charge in [0.25, 0.3) is 0 Å². The van der Waals surface area contributed by atoms with Crippen LogP contribution in [0, 0.1) is 0 Å². The first-order valence-corrected chi connectivity index (χ1v) is 22.4. The molecule has 4 heterocycles. The predicted molar refractivity (Wildman–Crippen MR) is 272 cm³/mol. The summed E-state index contributed by atoms with van der Waals surface area (Å²) in [6.45, 7) is 0. The van der Waals surface area contributed by atoms with E-state index in [0.29, 0.717) is 0 Å². The lowest BCUT2D eigenvalue weighted by molar-refractivity contribution is 0.665. The summed E-state index contributed by atoms with van der Waals surface area (Å²) in [4.78, 5) is 0. The van der Waals surface area contributed by atoms with Crippen LogP contribution in [0.1, 0.15) is 0 Å². The summed E-state index contributed by atoms with van der Waals surface area (Å²) in [5, 5.41) is 13.3. The van der Waals surface area contributed by atoms with E-state index in [2.05, 4.69) is 176 Å². The van der Waals surface area contributed by atoms with Crippen molar-refractivity contribution in [2.75, 3.05) is 0 Å². The van der Waals surface area contributed by atoms with E-state index in [0.717, 1.165) is 143 Å². The fourth-order valence-electron chi connectivity index (χ4n) is 11.2. The molecule has 15 rings (SSSR count). The van der Waals surface area contributed by atoms with Crippen LogP contribution in [0.25, 0.3) is 154 Å². The maximum Gasteiger partial charge on any atom is 0.144 e. The predicted octanol–water partition coefficient (Wildman–Crippen LogP) is 18.3. The summed E-state index contributed by atoms with van der Waals surface area (Å²) < 4.78 is 26.9. The Labute approximate surface area is 376 Å². The third-order valence-corrected chi connectivity index (χ3v) is 13.9. The van der Waals surface area contributed by atoms with E-state index in [-0.39, 0.29) is 0 Å².